The van der Waals surface area contributed by atoms with Crippen LogP contribution in [-0.4, -0.2) is 17.7 Å². The molecule has 0 aliphatic carbocycles. The molecule has 3 rings (SSSR count). The quantitative estimate of drug-likeness (QED) is 0.385. The SMILES string of the molecule is CC(=O)c1c(OC(=O)c2ccccc2)cccc1OC(=O)c1ccccc1. The summed E-state index contributed by atoms with van der Waals surface area (Å²) in [6.07, 6.45) is 0. The topological polar surface area (TPSA) is 69.7 Å². The van der Waals surface area contributed by atoms with E-state index in [9.17, 15) is 14.4 Å². The van der Waals surface area contributed by atoms with Crippen LogP contribution in [0.4, 0.5) is 0 Å². The first-order valence-corrected chi connectivity index (χ1v) is 8.24. The monoisotopic (exact) mass is 360 g/mol. The summed E-state index contributed by atoms with van der Waals surface area (Å²) in [6, 6.07) is 21.3. The fraction of sp³-hybridized carbons (Fsp3) is 0.0455. The van der Waals surface area contributed by atoms with Crippen molar-refractivity contribution in [3.63, 3.8) is 0 Å². The first-order valence-electron chi connectivity index (χ1n) is 8.24. The number of ketones is 1. The smallest absolute Gasteiger partial charge is 0.343 e. The van der Waals surface area contributed by atoms with Crippen LogP contribution in [0.25, 0.3) is 0 Å². The molecular formula is C22H16O5. The first-order chi connectivity index (χ1) is 13.1. The van der Waals surface area contributed by atoms with Gasteiger partial charge in [0.15, 0.2) is 5.78 Å². The normalized spacial score (nSPS) is 10.1. The van der Waals surface area contributed by atoms with E-state index < -0.39 is 11.9 Å². The van der Waals surface area contributed by atoms with Crippen molar-refractivity contribution in [1.82, 2.24) is 0 Å². The summed E-state index contributed by atoms with van der Waals surface area (Å²) in [5.74, 6) is -1.53. The predicted octanol–water partition coefficient (Wildman–Crippen LogP) is 4.33. The van der Waals surface area contributed by atoms with Gasteiger partial charge >= 0.3 is 11.9 Å². The highest BCUT2D eigenvalue weighted by Gasteiger charge is 2.21. The van der Waals surface area contributed by atoms with Gasteiger partial charge in [-0.05, 0) is 43.3 Å². The Hall–Kier alpha value is -3.73. The van der Waals surface area contributed by atoms with E-state index in [-0.39, 0.29) is 22.8 Å². The fourth-order valence-electron chi connectivity index (χ4n) is 2.49. The number of carbonyl (C=O) groups is 3. The summed E-state index contributed by atoms with van der Waals surface area (Å²) in [4.78, 5) is 36.7. The zero-order chi connectivity index (χ0) is 19.2. The zero-order valence-electron chi connectivity index (χ0n) is 14.5. The van der Waals surface area contributed by atoms with E-state index in [4.69, 9.17) is 9.47 Å². The van der Waals surface area contributed by atoms with Crippen molar-refractivity contribution in [2.75, 3.05) is 0 Å². The maximum Gasteiger partial charge on any atom is 0.343 e. The highest BCUT2D eigenvalue weighted by molar-refractivity contribution is 6.02. The van der Waals surface area contributed by atoms with Crippen molar-refractivity contribution in [3.05, 3.63) is 95.6 Å². The number of esters is 2. The van der Waals surface area contributed by atoms with E-state index in [2.05, 4.69) is 0 Å². The molecule has 0 saturated heterocycles. The summed E-state index contributed by atoms with van der Waals surface area (Å²) in [6.45, 7) is 1.31. The lowest BCUT2D eigenvalue weighted by Crippen LogP contribution is -2.14. The maximum atomic E-state index is 12.3. The second-order valence-corrected chi connectivity index (χ2v) is 5.70. The van der Waals surface area contributed by atoms with Crippen molar-refractivity contribution in [2.45, 2.75) is 6.92 Å². The molecule has 0 amide bonds. The average Bonchev–Trinajstić information content (AvgIpc) is 2.69. The van der Waals surface area contributed by atoms with Crippen LogP contribution >= 0.6 is 0 Å². The van der Waals surface area contributed by atoms with Gasteiger partial charge in [-0.1, -0.05) is 42.5 Å². The molecule has 134 valence electrons. The van der Waals surface area contributed by atoms with E-state index >= 15 is 0 Å². The molecule has 0 N–H and O–H groups in total. The third kappa shape index (κ3) is 4.27. The van der Waals surface area contributed by atoms with Crippen molar-refractivity contribution >= 4 is 17.7 Å². The summed E-state index contributed by atoms with van der Waals surface area (Å²) in [5.41, 5.74) is 0.725. The molecule has 0 atom stereocenters. The van der Waals surface area contributed by atoms with Crippen LogP contribution in [-0.2, 0) is 0 Å². The van der Waals surface area contributed by atoms with Gasteiger partial charge in [-0.25, -0.2) is 9.59 Å². The zero-order valence-corrected chi connectivity index (χ0v) is 14.5. The van der Waals surface area contributed by atoms with Crippen LogP contribution in [0.3, 0.4) is 0 Å². The van der Waals surface area contributed by atoms with E-state index in [1.807, 2.05) is 0 Å². The molecule has 0 unspecified atom stereocenters. The predicted molar refractivity (Wildman–Crippen MR) is 99.2 cm³/mol. The Morgan fingerprint density at radius 1 is 0.593 bits per heavy atom. The number of ether oxygens (including phenoxy) is 2. The molecular weight excluding hydrogens is 344 g/mol. The number of rotatable bonds is 5. The van der Waals surface area contributed by atoms with Crippen molar-refractivity contribution < 1.29 is 23.9 Å². The van der Waals surface area contributed by atoms with Gasteiger partial charge in [0.1, 0.15) is 17.1 Å². The summed E-state index contributed by atoms with van der Waals surface area (Å²) in [5, 5.41) is 0. The lowest BCUT2D eigenvalue weighted by atomic mass is 10.1. The molecule has 0 spiro atoms. The molecule has 0 heterocycles. The Labute approximate surface area is 156 Å². The highest BCUT2D eigenvalue weighted by atomic mass is 16.5. The number of carbonyl (C=O) groups excluding carboxylic acids is 3. The largest absolute Gasteiger partial charge is 0.422 e. The Bertz CT molecular complexity index is 906. The van der Waals surface area contributed by atoms with Crippen molar-refractivity contribution in [3.8, 4) is 11.5 Å². The van der Waals surface area contributed by atoms with Crippen LogP contribution in [0.15, 0.2) is 78.9 Å². The minimum Gasteiger partial charge on any atom is -0.422 e. The lowest BCUT2D eigenvalue weighted by molar-refractivity contribution is 0.0729. The number of hydrogen-bond donors (Lipinski definition) is 0. The van der Waals surface area contributed by atoms with E-state index in [1.54, 1.807) is 66.7 Å². The Balaban J connectivity index is 1.90. The van der Waals surface area contributed by atoms with E-state index in [1.165, 1.54) is 19.1 Å². The Morgan fingerprint density at radius 3 is 1.37 bits per heavy atom. The molecule has 5 heteroatoms. The van der Waals surface area contributed by atoms with Gasteiger partial charge in [-0.2, -0.15) is 0 Å². The Morgan fingerprint density at radius 2 is 1.00 bits per heavy atom. The van der Waals surface area contributed by atoms with E-state index in [0.717, 1.165) is 0 Å². The Kier molecular flexibility index (Phi) is 5.42. The van der Waals surface area contributed by atoms with Gasteiger partial charge in [0.2, 0.25) is 0 Å². The molecule has 3 aromatic carbocycles. The maximum absolute atomic E-state index is 12.3. The van der Waals surface area contributed by atoms with E-state index in [0.29, 0.717) is 11.1 Å². The number of Topliss-reactive ketones (excluding diaryl/α,β-unsaturated/α-hetero) is 1. The summed E-state index contributed by atoms with van der Waals surface area (Å²) < 4.78 is 10.7. The minimum absolute atomic E-state index is 0.0334. The summed E-state index contributed by atoms with van der Waals surface area (Å²) in [7, 11) is 0. The molecule has 0 fully saturated rings. The van der Waals surface area contributed by atoms with Crippen LogP contribution in [0, 0.1) is 0 Å². The third-order valence-corrected chi connectivity index (χ3v) is 3.76. The van der Waals surface area contributed by atoms with Gasteiger partial charge < -0.3 is 9.47 Å². The molecule has 5 nitrogen and oxygen atoms in total. The second kappa shape index (κ2) is 8.10. The summed E-state index contributed by atoms with van der Waals surface area (Å²) >= 11 is 0. The molecule has 0 bridgehead atoms. The molecule has 0 radical (unpaired) electrons. The van der Waals surface area contributed by atoms with Gasteiger partial charge in [-0.15, -0.1) is 0 Å². The fourth-order valence-corrected chi connectivity index (χ4v) is 2.49. The molecule has 0 aliphatic rings. The van der Waals surface area contributed by atoms with Crippen molar-refractivity contribution in [2.24, 2.45) is 0 Å². The minimum atomic E-state index is -0.607. The average molecular weight is 360 g/mol. The number of hydrogen-bond acceptors (Lipinski definition) is 5. The van der Waals surface area contributed by atoms with Crippen LogP contribution in [0.2, 0.25) is 0 Å². The third-order valence-electron chi connectivity index (χ3n) is 3.76. The molecule has 3 aromatic rings. The highest BCUT2D eigenvalue weighted by Crippen LogP contribution is 2.30. The molecule has 0 aliphatic heterocycles. The standard InChI is InChI=1S/C22H16O5/c1-15(23)20-18(26-21(24)16-9-4-2-5-10-16)13-8-14-19(20)27-22(25)17-11-6-3-7-12-17/h2-14H,1H3. The number of benzene rings is 3. The van der Waals surface area contributed by atoms with Crippen LogP contribution in [0.5, 0.6) is 11.5 Å². The lowest BCUT2D eigenvalue weighted by Gasteiger charge is -2.13. The molecule has 27 heavy (non-hydrogen) atoms. The molecule has 0 saturated carbocycles. The van der Waals surface area contributed by atoms with Crippen LogP contribution < -0.4 is 9.47 Å². The van der Waals surface area contributed by atoms with Gasteiger partial charge in [-0.3, -0.25) is 4.79 Å². The molecule has 0 aromatic heterocycles. The second-order valence-electron chi connectivity index (χ2n) is 5.70. The van der Waals surface area contributed by atoms with Gasteiger partial charge in [0.05, 0.1) is 11.1 Å². The van der Waals surface area contributed by atoms with Crippen LogP contribution in [0.1, 0.15) is 38.0 Å². The van der Waals surface area contributed by atoms with Crippen molar-refractivity contribution in [1.29, 1.82) is 0 Å². The first kappa shape index (κ1) is 18.1. The van der Waals surface area contributed by atoms with Gasteiger partial charge in [0, 0.05) is 0 Å². The van der Waals surface area contributed by atoms with Gasteiger partial charge in [0.25, 0.3) is 0 Å².